The van der Waals surface area contributed by atoms with Gasteiger partial charge in [0.2, 0.25) is 5.91 Å². The van der Waals surface area contributed by atoms with Crippen molar-refractivity contribution in [2.45, 2.75) is 30.1 Å². The van der Waals surface area contributed by atoms with E-state index in [0.717, 1.165) is 42.4 Å². The molecule has 0 bridgehead atoms. The average molecular weight is 426 g/mol. The van der Waals surface area contributed by atoms with E-state index in [-0.39, 0.29) is 17.7 Å². The number of rotatable bonds is 6. The monoisotopic (exact) mass is 426 g/mol. The lowest BCUT2D eigenvalue weighted by Gasteiger charge is -2.26. The van der Waals surface area contributed by atoms with Crippen molar-refractivity contribution in [3.63, 3.8) is 0 Å². The number of carbonyl (C=O) groups is 1. The molecule has 3 rings (SSSR count). The minimum absolute atomic E-state index is 0.0860. The first-order valence-corrected chi connectivity index (χ1v) is 9.99. The Labute approximate surface area is 171 Å². The third-order valence-corrected chi connectivity index (χ3v) is 5.71. The number of pyridine rings is 1. The standard InChI is InChI=1S/C20H21F3N2O3S/c1-27-14-6-7-15(17(10-14)28-2)16-4-3-9-25(16)19(26)12-29-18-8-5-13(11-24-18)20(21,22)23/h5-8,10-11,16H,3-4,9,12H2,1-2H3. The molecule has 1 aliphatic heterocycles. The van der Waals surface area contributed by atoms with Gasteiger partial charge in [0, 0.05) is 24.4 Å². The highest BCUT2D eigenvalue weighted by Crippen LogP contribution is 2.39. The molecule has 156 valence electrons. The number of halogens is 3. The number of benzene rings is 1. The van der Waals surface area contributed by atoms with E-state index in [1.54, 1.807) is 25.2 Å². The number of hydrogen-bond donors (Lipinski definition) is 0. The van der Waals surface area contributed by atoms with Gasteiger partial charge in [-0.1, -0.05) is 11.8 Å². The molecule has 1 fully saturated rings. The minimum atomic E-state index is -4.42. The Balaban J connectivity index is 1.67. The van der Waals surface area contributed by atoms with Crippen LogP contribution in [0.3, 0.4) is 0 Å². The Bertz CT molecular complexity index is 859. The number of methoxy groups -OCH3 is 2. The molecule has 1 unspecified atom stereocenters. The summed E-state index contributed by atoms with van der Waals surface area (Å²) in [6, 6.07) is 7.68. The molecule has 1 aromatic heterocycles. The van der Waals surface area contributed by atoms with Gasteiger partial charge in [-0.2, -0.15) is 13.2 Å². The Morgan fingerprint density at radius 1 is 1.24 bits per heavy atom. The molecule has 1 aliphatic rings. The first kappa shape index (κ1) is 21.3. The molecule has 0 spiro atoms. The molecule has 0 radical (unpaired) electrons. The zero-order valence-electron chi connectivity index (χ0n) is 16.0. The van der Waals surface area contributed by atoms with Crippen LogP contribution in [0.15, 0.2) is 41.6 Å². The van der Waals surface area contributed by atoms with E-state index in [2.05, 4.69) is 4.98 Å². The first-order chi connectivity index (χ1) is 13.8. The van der Waals surface area contributed by atoms with E-state index >= 15 is 0 Å². The predicted octanol–water partition coefficient (Wildman–Crippen LogP) is 4.57. The number of thioether (sulfide) groups is 1. The van der Waals surface area contributed by atoms with Crippen LogP contribution in [0, 0.1) is 0 Å². The van der Waals surface area contributed by atoms with E-state index in [0.29, 0.717) is 23.1 Å². The van der Waals surface area contributed by atoms with E-state index in [1.807, 2.05) is 12.1 Å². The maximum atomic E-state index is 12.8. The van der Waals surface area contributed by atoms with Crippen LogP contribution in [0.2, 0.25) is 0 Å². The lowest BCUT2D eigenvalue weighted by molar-refractivity contribution is -0.138. The third kappa shape index (κ3) is 4.95. The second-order valence-electron chi connectivity index (χ2n) is 6.52. The van der Waals surface area contributed by atoms with Crippen LogP contribution in [0.1, 0.15) is 30.0 Å². The lowest BCUT2D eigenvalue weighted by atomic mass is 10.0. The highest BCUT2D eigenvalue weighted by Gasteiger charge is 2.32. The van der Waals surface area contributed by atoms with Gasteiger partial charge < -0.3 is 14.4 Å². The molecule has 2 aromatic rings. The molecule has 2 heterocycles. The van der Waals surface area contributed by atoms with Crippen molar-refractivity contribution in [3.8, 4) is 11.5 Å². The van der Waals surface area contributed by atoms with Crippen molar-refractivity contribution in [2.75, 3.05) is 26.5 Å². The molecule has 1 atom stereocenters. The third-order valence-electron chi connectivity index (χ3n) is 4.78. The predicted molar refractivity (Wildman–Crippen MR) is 103 cm³/mol. The Morgan fingerprint density at radius 3 is 2.66 bits per heavy atom. The summed E-state index contributed by atoms with van der Waals surface area (Å²) in [6.07, 6.45) is -1.95. The molecule has 0 aliphatic carbocycles. The van der Waals surface area contributed by atoms with Crippen molar-refractivity contribution >= 4 is 17.7 Å². The number of likely N-dealkylation sites (tertiary alicyclic amines) is 1. The largest absolute Gasteiger partial charge is 0.497 e. The molecule has 1 amide bonds. The summed E-state index contributed by atoms with van der Waals surface area (Å²) < 4.78 is 48.6. The second-order valence-corrected chi connectivity index (χ2v) is 7.52. The van der Waals surface area contributed by atoms with Gasteiger partial charge in [-0.3, -0.25) is 4.79 Å². The molecule has 9 heteroatoms. The molecule has 1 saturated heterocycles. The molecule has 5 nitrogen and oxygen atoms in total. The zero-order valence-corrected chi connectivity index (χ0v) is 16.8. The van der Waals surface area contributed by atoms with Crippen LogP contribution >= 0.6 is 11.8 Å². The van der Waals surface area contributed by atoms with Crippen LogP contribution in [0.4, 0.5) is 13.2 Å². The Kier molecular flexibility index (Phi) is 6.56. The summed E-state index contributed by atoms with van der Waals surface area (Å²) in [5.74, 6) is 1.35. The van der Waals surface area contributed by atoms with Crippen molar-refractivity contribution in [1.82, 2.24) is 9.88 Å². The van der Waals surface area contributed by atoms with E-state index in [1.165, 1.54) is 6.07 Å². The van der Waals surface area contributed by atoms with E-state index in [4.69, 9.17) is 9.47 Å². The van der Waals surface area contributed by atoms with Crippen LogP contribution < -0.4 is 9.47 Å². The number of nitrogens with zero attached hydrogens (tertiary/aromatic N) is 2. The lowest BCUT2D eigenvalue weighted by Crippen LogP contribution is -2.32. The fourth-order valence-corrected chi connectivity index (χ4v) is 4.06. The van der Waals surface area contributed by atoms with Crippen molar-refractivity contribution in [1.29, 1.82) is 0 Å². The maximum absolute atomic E-state index is 12.8. The quantitative estimate of drug-likeness (QED) is 0.634. The number of ether oxygens (including phenoxy) is 2. The van der Waals surface area contributed by atoms with Gasteiger partial charge in [0.05, 0.1) is 36.6 Å². The number of amides is 1. The average Bonchev–Trinajstić information content (AvgIpc) is 3.20. The van der Waals surface area contributed by atoms with Gasteiger partial charge in [-0.25, -0.2) is 4.98 Å². The van der Waals surface area contributed by atoms with Crippen LogP contribution in [0.25, 0.3) is 0 Å². The summed E-state index contributed by atoms with van der Waals surface area (Å²) in [7, 11) is 3.15. The second kappa shape index (κ2) is 8.94. The molecule has 0 saturated carbocycles. The SMILES string of the molecule is COc1ccc(C2CCCN2C(=O)CSc2ccc(C(F)(F)F)cn2)c(OC)c1. The number of aromatic nitrogens is 1. The summed E-state index contributed by atoms with van der Waals surface area (Å²) in [4.78, 5) is 18.4. The van der Waals surface area contributed by atoms with Gasteiger partial charge in [0.15, 0.2) is 0 Å². The fourth-order valence-electron chi connectivity index (χ4n) is 3.33. The van der Waals surface area contributed by atoms with Gasteiger partial charge in [-0.05, 0) is 37.1 Å². The number of hydrogen-bond acceptors (Lipinski definition) is 5. The summed E-state index contributed by atoms with van der Waals surface area (Å²) in [5, 5.41) is 0.379. The molecule has 1 aromatic carbocycles. The van der Waals surface area contributed by atoms with Gasteiger partial charge in [0.25, 0.3) is 0 Å². The van der Waals surface area contributed by atoms with Gasteiger partial charge in [-0.15, -0.1) is 0 Å². The smallest absolute Gasteiger partial charge is 0.417 e. The highest BCUT2D eigenvalue weighted by molar-refractivity contribution is 7.99. The molecule has 0 N–H and O–H groups in total. The fraction of sp³-hybridized carbons (Fsp3) is 0.400. The summed E-state index contributed by atoms with van der Waals surface area (Å²) in [5.41, 5.74) is 0.108. The zero-order chi connectivity index (χ0) is 21.0. The molecular weight excluding hydrogens is 405 g/mol. The summed E-state index contributed by atoms with van der Waals surface area (Å²) >= 11 is 1.13. The molecular formula is C20H21F3N2O3S. The Morgan fingerprint density at radius 2 is 2.03 bits per heavy atom. The normalized spacial score (nSPS) is 16.7. The van der Waals surface area contributed by atoms with Crippen LogP contribution in [0.5, 0.6) is 11.5 Å². The van der Waals surface area contributed by atoms with Gasteiger partial charge in [0.1, 0.15) is 11.5 Å². The number of alkyl halides is 3. The Hall–Kier alpha value is -2.42. The maximum Gasteiger partial charge on any atom is 0.417 e. The molecule has 29 heavy (non-hydrogen) atoms. The van der Waals surface area contributed by atoms with Crippen molar-refractivity contribution in [3.05, 3.63) is 47.7 Å². The van der Waals surface area contributed by atoms with E-state index < -0.39 is 11.7 Å². The van der Waals surface area contributed by atoms with Crippen LogP contribution in [-0.4, -0.2) is 42.3 Å². The minimum Gasteiger partial charge on any atom is -0.497 e. The number of carbonyl (C=O) groups excluding carboxylic acids is 1. The summed E-state index contributed by atoms with van der Waals surface area (Å²) in [6.45, 7) is 0.625. The van der Waals surface area contributed by atoms with Crippen LogP contribution in [-0.2, 0) is 11.0 Å². The topological polar surface area (TPSA) is 51.7 Å². The highest BCUT2D eigenvalue weighted by atomic mass is 32.2. The van der Waals surface area contributed by atoms with Crippen molar-refractivity contribution < 1.29 is 27.4 Å². The van der Waals surface area contributed by atoms with Gasteiger partial charge >= 0.3 is 6.18 Å². The van der Waals surface area contributed by atoms with Crippen molar-refractivity contribution in [2.24, 2.45) is 0 Å². The first-order valence-electron chi connectivity index (χ1n) is 9.01. The van der Waals surface area contributed by atoms with E-state index in [9.17, 15) is 18.0 Å².